The van der Waals surface area contributed by atoms with E-state index in [2.05, 4.69) is 5.32 Å². The molecule has 0 saturated heterocycles. The van der Waals surface area contributed by atoms with Crippen molar-refractivity contribution in [1.29, 1.82) is 0 Å². The van der Waals surface area contributed by atoms with Gasteiger partial charge in [0.25, 0.3) is 0 Å². The minimum atomic E-state index is -3.01. The molecule has 0 bridgehead atoms. The Hall–Kier alpha value is -1.07. The van der Waals surface area contributed by atoms with E-state index in [1.54, 1.807) is 18.2 Å². The molecule has 0 heterocycles. The van der Waals surface area contributed by atoms with Crippen LogP contribution >= 0.6 is 11.6 Å². The van der Waals surface area contributed by atoms with E-state index in [-0.39, 0.29) is 18.1 Å². The zero-order chi connectivity index (χ0) is 13.8. The Bertz CT molecular complexity index is 540. The van der Waals surface area contributed by atoms with Gasteiger partial charge in [0, 0.05) is 23.4 Å². The van der Waals surface area contributed by atoms with Gasteiger partial charge < -0.3 is 5.32 Å². The molecule has 18 heavy (non-hydrogen) atoms. The molecule has 4 nitrogen and oxygen atoms in total. The predicted molar refractivity (Wildman–Crippen MR) is 73.8 cm³/mol. The van der Waals surface area contributed by atoms with E-state index in [0.29, 0.717) is 17.1 Å². The van der Waals surface area contributed by atoms with Gasteiger partial charge in [-0.2, -0.15) is 0 Å². The molecular weight excluding hydrogens is 274 g/mol. The van der Waals surface area contributed by atoms with Gasteiger partial charge in [0.15, 0.2) is 0 Å². The highest BCUT2D eigenvalue weighted by Gasteiger charge is 2.08. The van der Waals surface area contributed by atoms with Crippen molar-refractivity contribution in [3.8, 4) is 0 Å². The van der Waals surface area contributed by atoms with E-state index < -0.39 is 9.84 Å². The van der Waals surface area contributed by atoms with E-state index >= 15 is 0 Å². The molecule has 0 radical (unpaired) electrons. The van der Waals surface area contributed by atoms with Gasteiger partial charge in [-0.05, 0) is 31.0 Å². The van der Waals surface area contributed by atoms with Gasteiger partial charge in [0.05, 0.1) is 5.75 Å². The number of amides is 1. The normalized spacial score (nSPS) is 11.3. The fourth-order valence-electron chi connectivity index (χ4n) is 1.45. The molecule has 0 saturated carbocycles. The third-order valence-corrected chi connectivity index (χ3v) is 3.90. The number of hydrogen-bond donors (Lipinski definition) is 1. The number of sulfone groups is 1. The minimum Gasteiger partial charge on any atom is -0.326 e. The lowest BCUT2D eigenvalue weighted by Gasteiger charge is -2.09. The first-order valence-electron chi connectivity index (χ1n) is 5.52. The van der Waals surface area contributed by atoms with Crippen LogP contribution in [-0.4, -0.2) is 26.3 Å². The SMILES string of the molecule is Cc1c(Cl)cccc1NC(=O)CCCS(C)(=O)=O. The summed E-state index contributed by atoms with van der Waals surface area (Å²) >= 11 is 5.93. The summed E-state index contributed by atoms with van der Waals surface area (Å²) in [5, 5.41) is 3.31. The summed E-state index contributed by atoms with van der Waals surface area (Å²) in [5.74, 6) is -0.182. The standard InChI is InChI=1S/C12H16ClNO3S/c1-9-10(13)5-3-6-11(9)14-12(15)7-4-8-18(2,16)17/h3,5-6H,4,7-8H2,1-2H3,(H,14,15). The van der Waals surface area contributed by atoms with Crippen LogP contribution < -0.4 is 5.32 Å². The molecule has 1 amide bonds. The van der Waals surface area contributed by atoms with Gasteiger partial charge in [-0.3, -0.25) is 4.79 Å². The van der Waals surface area contributed by atoms with Crippen LogP contribution in [0.4, 0.5) is 5.69 Å². The molecule has 0 spiro atoms. The molecule has 1 N–H and O–H groups in total. The first kappa shape index (κ1) is 15.0. The van der Waals surface area contributed by atoms with Crippen LogP contribution in [-0.2, 0) is 14.6 Å². The van der Waals surface area contributed by atoms with Crippen LogP contribution in [0.3, 0.4) is 0 Å². The van der Waals surface area contributed by atoms with Gasteiger partial charge in [-0.1, -0.05) is 17.7 Å². The van der Waals surface area contributed by atoms with E-state index in [0.717, 1.165) is 11.8 Å². The second kappa shape index (κ2) is 6.20. The highest BCUT2D eigenvalue weighted by atomic mass is 35.5. The van der Waals surface area contributed by atoms with Crippen LogP contribution in [0.2, 0.25) is 5.02 Å². The molecule has 0 aromatic heterocycles. The lowest BCUT2D eigenvalue weighted by molar-refractivity contribution is -0.116. The number of halogens is 1. The van der Waals surface area contributed by atoms with Crippen molar-refractivity contribution < 1.29 is 13.2 Å². The summed E-state index contributed by atoms with van der Waals surface area (Å²) < 4.78 is 21.8. The summed E-state index contributed by atoms with van der Waals surface area (Å²) in [4.78, 5) is 11.6. The van der Waals surface area contributed by atoms with E-state index in [1.165, 1.54) is 0 Å². The molecule has 0 fully saturated rings. The van der Waals surface area contributed by atoms with E-state index in [4.69, 9.17) is 11.6 Å². The Morgan fingerprint density at radius 2 is 2.06 bits per heavy atom. The van der Waals surface area contributed by atoms with Crippen LogP contribution in [0.25, 0.3) is 0 Å². The number of benzene rings is 1. The fourth-order valence-corrected chi connectivity index (χ4v) is 2.29. The Labute approximate surface area is 112 Å². The van der Waals surface area contributed by atoms with Crippen molar-refractivity contribution in [2.24, 2.45) is 0 Å². The maximum atomic E-state index is 11.6. The number of hydrogen-bond acceptors (Lipinski definition) is 3. The molecule has 1 aromatic rings. The number of carbonyl (C=O) groups is 1. The van der Waals surface area contributed by atoms with Gasteiger partial charge in [0.1, 0.15) is 9.84 Å². The van der Waals surface area contributed by atoms with Crippen LogP contribution in [0.5, 0.6) is 0 Å². The molecule has 0 aliphatic rings. The number of carbonyl (C=O) groups excluding carboxylic acids is 1. The van der Waals surface area contributed by atoms with Crippen molar-refractivity contribution in [2.75, 3.05) is 17.3 Å². The monoisotopic (exact) mass is 289 g/mol. The lowest BCUT2D eigenvalue weighted by atomic mass is 10.2. The maximum absolute atomic E-state index is 11.6. The Morgan fingerprint density at radius 1 is 1.39 bits per heavy atom. The smallest absolute Gasteiger partial charge is 0.224 e. The number of rotatable bonds is 5. The lowest BCUT2D eigenvalue weighted by Crippen LogP contribution is -2.14. The first-order valence-corrected chi connectivity index (χ1v) is 7.96. The van der Waals surface area contributed by atoms with Gasteiger partial charge >= 0.3 is 0 Å². The fraction of sp³-hybridized carbons (Fsp3) is 0.417. The maximum Gasteiger partial charge on any atom is 0.224 e. The summed E-state index contributed by atoms with van der Waals surface area (Å²) in [6.45, 7) is 1.81. The summed E-state index contributed by atoms with van der Waals surface area (Å²) in [5.41, 5.74) is 1.46. The third kappa shape index (κ3) is 5.06. The summed E-state index contributed by atoms with van der Waals surface area (Å²) in [7, 11) is -3.01. The highest BCUT2D eigenvalue weighted by molar-refractivity contribution is 7.90. The average molecular weight is 290 g/mol. The summed E-state index contributed by atoms with van der Waals surface area (Å²) in [6.07, 6.45) is 1.66. The average Bonchev–Trinajstić information content (AvgIpc) is 2.23. The van der Waals surface area contributed by atoms with Crippen LogP contribution in [0, 0.1) is 6.92 Å². The number of nitrogens with one attached hydrogen (secondary N) is 1. The topological polar surface area (TPSA) is 63.2 Å². The van der Waals surface area contributed by atoms with Crippen molar-refractivity contribution >= 4 is 33.0 Å². The zero-order valence-electron chi connectivity index (χ0n) is 10.4. The van der Waals surface area contributed by atoms with Crippen molar-refractivity contribution in [2.45, 2.75) is 19.8 Å². The molecule has 100 valence electrons. The minimum absolute atomic E-state index is 0.0228. The van der Waals surface area contributed by atoms with E-state index in [1.807, 2.05) is 6.92 Å². The molecule has 6 heteroatoms. The van der Waals surface area contributed by atoms with Crippen molar-refractivity contribution in [3.05, 3.63) is 28.8 Å². The quantitative estimate of drug-likeness (QED) is 0.905. The molecule has 1 aromatic carbocycles. The van der Waals surface area contributed by atoms with E-state index in [9.17, 15) is 13.2 Å². The zero-order valence-corrected chi connectivity index (χ0v) is 11.9. The second-order valence-electron chi connectivity index (χ2n) is 4.19. The first-order chi connectivity index (χ1) is 8.29. The van der Waals surface area contributed by atoms with Gasteiger partial charge in [-0.25, -0.2) is 8.42 Å². The predicted octanol–water partition coefficient (Wildman–Crippen LogP) is 2.41. The molecule has 0 aliphatic heterocycles. The molecular formula is C12H16ClNO3S. The Balaban J connectivity index is 2.53. The van der Waals surface area contributed by atoms with Crippen LogP contribution in [0.15, 0.2) is 18.2 Å². The Morgan fingerprint density at radius 3 is 2.67 bits per heavy atom. The highest BCUT2D eigenvalue weighted by Crippen LogP contribution is 2.23. The van der Waals surface area contributed by atoms with Gasteiger partial charge in [-0.15, -0.1) is 0 Å². The summed E-state index contributed by atoms with van der Waals surface area (Å²) in [6, 6.07) is 5.26. The second-order valence-corrected chi connectivity index (χ2v) is 6.86. The molecule has 0 unspecified atom stereocenters. The molecule has 0 aliphatic carbocycles. The molecule has 0 atom stereocenters. The van der Waals surface area contributed by atoms with Crippen LogP contribution in [0.1, 0.15) is 18.4 Å². The molecule has 1 rings (SSSR count). The van der Waals surface area contributed by atoms with Crippen molar-refractivity contribution in [3.63, 3.8) is 0 Å². The third-order valence-electron chi connectivity index (χ3n) is 2.46. The van der Waals surface area contributed by atoms with Crippen molar-refractivity contribution in [1.82, 2.24) is 0 Å². The van der Waals surface area contributed by atoms with Gasteiger partial charge in [0.2, 0.25) is 5.91 Å². The number of anilines is 1. The Kier molecular flexibility index (Phi) is 5.16. The largest absolute Gasteiger partial charge is 0.326 e.